The number of nitrogens with zero attached hydrogens (tertiary/aromatic N) is 4. The van der Waals surface area contributed by atoms with Crippen molar-refractivity contribution in [3.63, 3.8) is 0 Å². The summed E-state index contributed by atoms with van der Waals surface area (Å²) in [4.78, 5) is 47.6. The van der Waals surface area contributed by atoms with Crippen molar-refractivity contribution in [2.45, 2.75) is 44.3 Å². The van der Waals surface area contributed by atoms with Gasteiger partial charge in [0, 0.05) is 24.0 Å². The molecule has 212 valence electrons. The fourth-order valence-corrected chi connectivity index (χ4v) is 5.39. The first-order valence-electron chi connectivity index (χ1n) is 12.5. The average molecular weight is 595 g/mol. The van der Waals surface area contributed by atoms with Gasteiger partial charge in [-0.1, -0.05) is 83.3 Å². The largest absolute Gasteiger partial charge is 0.449 e. The Labute approximate surface area is 243 Å². The number of ether oxygens (including phenoxy) is 2. The zero-order chi connectivity index (χ0) is 29.1. The highest BCUT2D eigenvalue weighted by Crippen LogP contribution is 2.28. The predicted molar refractivity (Wildman–Crippen MR) is 151 cm³/mol. The second kappa shape index (κ2) is 14.2. The van der Waals surface area contributed by atoms with Crippen LogP contribution in [0.4, 0.5) is 10.3 Å². The topological polar surface area (TPSA) is 162 Å². The fourth-order valence-electron chi connectivity index (χ4n) is 3.83. The van der Waals surface area contributed by atoms with Crippen LogP contribution in [0.3, 0.4) is 0 Å². The Hall–Kier alpha value is -4.56. The third-order valence-electron chi connectivity index (χ3n) is 5.99. The summed E-state index contributed by atoms with van der Waals surface area (Å²) in [5.41, 5.74) is -0.446. The molecule has 0 saturated heterocycles. The van der Waals surface area contributed by atoms with Crippen molar-refractivity contribution in [2.75, 3.05) is 10.6 Å². The van der Waals surface area contributed by atoms with E-state index in [1.54, 1.807) is 60.7 Å². The molecule has 0 bridgehead atoms. The summed E-state index contributed by atoms with van der Waals surface area (Å²) in [5.74, 6) is -1.06. The molecule has 0 spiro atoms. The molecule has 2 aromatic heterocycles. The molecule has 2 heterocycles. The van der Waals surface area contributed by atoms with Gasteiger partial charge in [-0.25, -0.2) is 0 Å². The zero-order valence-electron chi connectivity index (χ0n) is 21.9. The molecule has 41 heavy (non-hydrogen) atoms. The van der Waals surface area contributed by atoms with Crippen molar-refractivity contribution in [1.29, 1.82) is 0 Å². The van der Waals surface area contributed by atoms with Crippen LogP contribution in [0.25, 0.3) is 0 Å². The van der Waals surface area contributed by atoms with Crippen LogP contribution < -0.4 is 10.6 Å². The minimum absolute atomic E-state index is 0.238. The van der Waals surface area contributed by atoms with Crippen LogP contribution >= 0.6 is 22.7 Å². The minimum Gasteiger partial charge on any atom is -0.449 e. The first-order valence-corrected chi connectivity index (χ1v) is 14.1. The zero-order valence-corrected chi connectivity index (χ0v) is 23.5. The lowest BCUT2D eigenvalue weighted by Gasteiger charge is -2.26. The number of amides is 2. The molecule has 0 aliphatic carbocycles. The fraction of sp³-hybridized carbons (Fsp3) is 0.259. The van der Waals surface area contributed by atoms with Crippen molar-refractivity contribution >= 4 is 57.7 Å². The number of carbonyl (C=O) groups is 4. The highest BCUT2D eigenvalue weighted by atomic mass is 32.1. The molecule has 14 heteroatoms. The maximum Gasteiger partial charge on any atom is 0.294 e. The Kier molecular flexibility index (Phi) is 10.2. The molecule has 2 amide bonds. The van der Waals surface area contributed by atoms with Crippen molar-refractivity contribution in [2.24, 2.45) is 0 Å². The van der Waals surface area contributed by atoms with Crippen LogP contribution in [0, 0.1) is 0 Å². The van der Waals surface area contributed by atoms with Crippen LogP contribution in [0.15, 0.2) is 60.7 Å². The van der Waals surface area contributed by atoms with Gasteiger partial charge < -0.3 is 9.47 Å². The molecule has 2 unspecified atom stereocenters. The van der Waals surface area contributed by atoms with Crippen molar-refractivity contribution < 1.29 is 28.7 Å². The van der Waals surface area contributed by atoms with Gasteiger partial charge in [0.25, 0.3) is 24.8 Å². The minimum atomic E-state index is -1.52. The van der Waals surface area contributed by atoms with Gasteiger partial charge in [0.15, 0.2) is 0 Å². The molecular formula is C27H26N6O6S2. The Bertz CT molecular complexity index is 1470. The van der Waals surface area contributed by atoms with Crippen molar-refractivity contribution in [3.05, 3.63) is 81.8 Å². The molecule has 2 aromatic carbocycles. The summed E-state index contributed by atoms with van der Waals surface area (Å²) >= 11 is 2.49. The summed E-state index contributed by atoms with van der Waals surface area (Å²) in [6.45, 7) is 2.00. The van der Waals surface area contributed by atoms with Gasteiger partial charge in [-0.05, 0) is 19.8 Å². The lowest BCUT2D eigenvalue weighted by molar-refractivity contribution is -0.154. The summed E-state index contributed by atoms with van der Waals surface area (Å²) in [6.07, 6.45) is 1.75. The van der Waals surface area contributed by atoms with Crippen molar-refractivity contribution in [1.82, 2.24) is 20.4 Å². The number of nitrogens with one attached hydrogen (secondary N) is 2. The lowest BCUT2D eigenvalue weighted by Crippen LogP contribution is -2.40. The monoisotopic (exact) mass is 594 g/mol. The summed E-state index contributed by atoms with van der Waals surface area (Å²) in [6, 6.07) is 17.4. The Balaban J connectivity index is 1.24. The van der Waals surface area contributed by atoms with Gasteiger partial charge >= 0.3 is 0 Å². The number of aromatic nitrogens is 4. The molecule has 2 atom stereocenters. The second-order valence-corrected chi connectivity index (χ2v) is 10.9. The van der Waals surface area contributed by atoms with Crippen LogP contribution in [0.1, 0.15) is 47.0 Å². The van der Waals surface area contributed by atoms with Crippen LogP contribution in [-0.2, 0) is 47.1 Å². The van der Waals surface area contributed by atoms with E-state index in [0.29, 0.717) is 34.2 Å². The lowest BCUT2D eigenvalue weighted by atomic mass is 9.95. The molecule has 0 saturated carbocycles. The van der Waals surface area contributed by atoms with Gasteiger partial charge in [-0.15, -0.1) is 20.4 Å². The molecule has 2 N–H and O–H groups in total. The third-order valence-corrected chi connectivity index (χ3v) is 7.79. The molecule has 0 aliphatic rings. The maximum absolute atomic E-state index is 12.9. The summed E-state index contributed by atoms with van der Waals surface area (Å²) in [5, 5.41) is 23.8. The molecule has 4 aromatic rings. The van der Waals surface area contributed by atoms with Gasteiger partial charge in [0.1, 0.15) is 10.0 Å². The summed E-state index contributed by atoms with van der Waals surface area (Å²) < 4.78 is 10.1. The number of rotatable bonds is 15. The smallest absolute Gasteiger partial charge is 0.294 e. The van der Waals surface area contributed by atoms with E-state index in [2.05, 4.69) is 31.0 Å². The van der Waals surface area contributed by atoms with E-state index >= 15 is 0 Å². The van der Waals surface area contributed by atoms with E-state index in [-0.39, 0.29) is 12.9 Å². The summed E-state index contributed by atoms with van der Waals surface area (Å²) in [7, 11) is 0. The van der Waals surface area contributed by atoms with E-state index in [1.807, 2.05) is 0 Å². The number of carbonyl (C=O) groups excluding carboxylic acids is 4. The third kappa shape index (κ3) is 7.77. The first kappa shape index (κ1) is 29.4. The molecule has 0 fully saturated rings. The highest BCUT2D eigenvalue weighted by molar-refractivity contribution is 7.15. The quantitative estimate of drug-likeness (QED) is 0.153. The van der Waals surface area contributed by atoms with Crippen molar-refractivity contribution in [3.8, 4) is 0 Å². The standard InChI is InChI=1S/C27H26N6O6S2/c1-27(39-17-35,19-12-6-3-7-13-19)24(37)29-26-33-31-21(41-26)15-9-8-14-20-30-32-25(40-20)28-23(36)22(38-16-34)18-10-4-2-5-11-18/h2-7,10-13,16-17,22H,8-9,14-15H2,1H3,(H,28,32,36)(H,29,33,37). The Morgan fingerprint density at radius 3 is 1.95 bits per heavy atom. The van der Waals surface area contributed by atoms with Gasteiger partial charge in [-0.2, -0.15) is 0 Å². The van der Waals surface area contributed by atoms with Crippen LogP contribution in [0.2, 0.25) is 0 Å². The number of unbranched alkanes of at least 4 members (excludes halogenated alkanes) is 1. The Morgan fingerprint density at radius 2 is 1.39 bits per heavy atom. The second-order valence-electron chi connectivity index (χ2n) is 8.79. The van der Waals surface area contributed by atoms with Gasteiger partial charge in [-0.3, -0.25) is 29.8 Å². The predicted octanol–water partition coefficient (Wildman–Crippen LogP) is 3.83. The first-order chi connectivity index (χ1) is 19.9. The van der Waals surface area contributed by atoms with E-state index in [0.717, 1.165) is 22.9 Å². The van der Waals surface area contributed by atoms with E-state index in [9.17, 15) is 19.2 Å². The molecule has 4 rings (SSSR count). The van der Waals surface area contributed by atoms with Crippen LogP contribution in [0.5, 0.6) is 0 Å². The normalized spacial score (nSPS) is 12.9. The number of benzene rings is 2. The average Bonchev–Trinajstić information content (AvgIpc) is 3.64. The number of hydrogen-bond acceptors (Lipinski definition) is 12. The highest BCUT2D eigenvalue weighted by Gasteiger charge is 2.38. The van der Waals surface area contributed by atoms with E-state index in [4.69, 9.17) is 9.47 Å². The number of aryl methyl sites for hydroxylation is 2. The molecule has 0 radical (unpaired) electrons. The maximum atomic E-state index is 12.9. The Morgan fingerprint density at radius 1 is 0.829 bits per heavy atom. The van der Waals surface area contributed by atoms with Gasteiger partial charge in [0.2, 0.25) is 22.0 Å². The van der Waals surface area contributed by atoms with Gasteiger partial charge in [0.05, 0.1) is 0 Å². The van der Waals surface area contributed by atoms with Crippen LogP contribution in [-0.4, -0.2) is 45.2 Å². The molecular weight excluding hydrogens is 568 g/mol. The molecule has 0 aliphatic heterocycles. The van der Waals surface area contributed by atoms with E-state index in [1.165, 1.54) is 29.6 Å². The number of anilines is 2. The number of hydrogen-bond donors (Lipinski definition) is 2. The molecule has 12 nitrogen and oxygen atoms in total. The van der Waals surface area contributed by atoms with E-state index < -0.39 is 23.5 Å². The SMILES string of the molecule is CC(OC=O)(C(=O)Nc1nnc(CCCCc2nnc(NC(=O)C(OC=O)c3ccccc3)s2)s1)c1ccccc1.